The summed E-state index contributed by atoms with van der Waals surface area (Å²) in [4.78, 5) is 20.8. The van der Waals surface area contributed by atoms with E-state index in [9.17, 15) is 0 Å². The van der Waals surface area contributed by atoms with Gasteiger partial charge in [0.2, 0.25) is 0 Å². The molecule has 3 aromatic heterocycles. The monoisotopic (exact) mass is 1490 g/mol. The molecular formula is C110H67N5O2. The Hall–Kier alpha value is -15.6. The second-order valence-corrected chi connectivity index (χ2v) is 30.9. The molecule has 544 valence electrons. The summed E-state index contributed by atoms with van der Waals surface area (Å²) in [5.41, 5.74) is 20.4. The number of furan rings is 2. The molecular weight excluding hydrogens is 1420 g/mol. The second kappa shape index (κ2) is 26.3. The maximum atomic E-state index is 8.22. The summed E-state index contributed by atoms with van der Waals surface area (Å²) in [5.74, 6) is 1.08. The molecule has 0 saturated heterocycles. The van der Waals surface area contributed by atoms with Crippen molar-refractivity contribution in [3.63, 3.8) is 0 Å². The maximum Gasteiger partial charge on any atom is 0.164 e. The van der Waals surface area contributed by atoms with Gasteiger partial charge in [-0.2, -0.15) is 0 Å². The fourth-order valence-electron chi connectivity index (χ4n) is 19.0. The van der Waals surface area contributed by atoms with Crippen LogP contribution in [0, 0.1) is 6.92 Å². The van der Waals surface area contributed by atoms with Gasteiger partial charge in [-0.3, -0.25) is 0 Å². The Morgan fingerprint density at radius 1 is 0.239 bits per heavy atom. The summed E-state index contributed by atoms with van der Waals surface area (Å²) in [5, 5.41) is 23.3. The number of hydrogen-bond acceptors (Lipinski definition) is 7. The normalized spacial score (nSPS) is 12.0. The van der Waals surface area contributed by atoms with E-state index in [4.69, 9.17) is 23.8 Å². The fourth-order valence-corrected chi connectivity index (χ4v) is 19.0. The SMILES string of the molecule is Cc1cccc(N(c2cccc(-c3ccccc3)c2)c2ccc3c4ccc(N(c5cccc6ccccc56)c5c6ccccc6cc6c(-c7ccccc7)cccc56)c5oc6cc(-c7cc8ccc(-c9ccccc9)cc8c8ccccc78)cc(c7cc(-c8ncnc(-c9c%10ccccc%10cc%10ccccc9%10)n8)cc8oc2c3c87)c6c54)c1. The van der Waals surface area contributed by atoms with Crippen molar-refractivity contribution in [3.8, 4) is 67.3 Å². The van der Waals surface area contributed by atoms with E-state index in [1.54, 1.807) is 6.33 Å². The molecule has 0 saturated carbocycles. The van der Waals surface area contributed by atoms with Crippen molar-refractivity contribution >= 4 is 175 Å². The molecule has 24 rings (SSSR count). The molecule has 7 heteroatoms. The molecule has 0 atom stereocenters. The lowest BCUT2D eigenvalue weighted by molar-refractivity contribution is 0.669. The van der Waals surface area contributed by atoms with Crippen LogP contribution >= 0.6 is 0 Å². The van der Waals surface area contributed by atoms with Crippen LogP contribution in [0.5, 0.6) is 0 Å². The van der Waals surface area contributed by atoms with Crippen LogP contribution in [-0.2, 0) is 0 Å². The van der Waals surface area contributed by atoms with Crippen molar-refractivity contribution in [3.05, 3.63) is 394 Å². The highest BCUT2D eigenvalue weighted by Gasteiger charge is 2.32. The first-order valence-corrected chi connectivity index (χ1v) is 39.9. The predicted molar refractivity (Wildman–Crippen MR) is 490 cm³/mol. The van der Waals surface area contributed by atoms with E-state index < -0.39 is 0 Å². The third-order valence-corrected chi connectivity index (χ3v) is 24.2. The Morgan fingerprint density at radius 2 is 0.735 bits per heavy atom. The van der Waals surface area contributed by atoms with E-state index in [0.29, 0.717) is 22.8 Å². The van der Waals surface area contributed by atoms with Gasteiger partial charge in [0, 0.05) is 60.2 Å². The topological polar surface area (TPSA) is 71.4 Å². The van der Waals surface area contributed by atoms with E-state index in [1.807, 2.05) is 0 Å². The van der Waals surface area contributed by atoms with Gasteiger partial charge in [0.05, 0.1) is 22.7 Å². The second-order valence-electron chi connectivity index (χ2n) is 30.9. The Morgan fingerprint density at radius 3 is 1.42 bits per heavy atom. The highest BCUT2D eigenvalue weighted by molar-refractivity contribution is 6.39. The van der Waals surface area contributed by atoms with Crippen LogP contribution < -0.4 is 9.80 Å². The molecule has 0 fully saturated rings. The molecule has 0 aliphatic rings. The average molecular weight is 1490 g/mol. The number of aromatic nitrogens is 3. The summed E-state index contributed by atoms with van der Waals surface area (Å²) in [6.07, 6.45) is 1.67. The molecule has 3 heterocycles. The zero-order valence-electron chi connectivity index (χ0n) is 63.5. The van der Waals surface area contributed by atoms with Gasteiger partial charge in [-0.15, -0.1) is 0 Å². The van der Waals surface area contributed by atoms with Gasteiger partial charge in [0.15, 0.2) is 22.8 Å². The smallest absolute Gasteiger partial charge is 0.164 e. The molecule has 0 spiro atoms. The summed E-state index contributed by atoms with van der Waals surface area (Å²) in [7, 11) is 0. The minimum atomic E-state index is 0.503. The summed E-state index contributed by atoms with van der Waals surface area (Å²) in [6, 6.07) is 139. The number of aryl methyl sites for hydroxylation is 1. The molecule has 0 N–H and O–H groups in total. The van der Waals surface area contributed by atoms with Crippen LogP contribution in [0.25, 0.3) is 208 Å². The number of rotatable bonds is 12. The van der Waals surface area contributed by atoms with E-state index >= 15 is 0 Å². The van der Waals surface area contributed by atoms with E-state index in [2.05, 4.69) is 399 Å². The predicted octanol–water partition coefficient (Wildman–Crippen LogP) is 30.7. The van der Waals surface area contributed by atoms with Gasteiger partial charge in [-0.05, 0) is 229 Å². The fraction of sp³-hybridized carbons (Fsp3) is 0.00909. The first-order chi connectivity index (χ1) is 57.9. The first kappa shape index (κ1) is 66.1. The highest BCUT2D eigenvalue weighted by Crippen LogP contribution is 2.56. The summed E-state index contributed by atoms with van der Waals surface area (Å²) >= 11 is 0. The van der Waals surface area contributed by atoms with E-state index in [0.717, 1.165) is 214 Å². The lowest BCUT2D eigenvalue weighted by Gasteiger charge is -2.30. The third-order valence-electron chi connectivity index (χ3n) is 24.2. The summed E-state index contributed by atoms with van der Waals surface area (Å²) in [6.45, 7) is 2.16. The van der Waals surface area contributed by atoms with Gasteiger partial charge >= 0.3 is 0 Å². The van der Waals surface area contributed by atoms with Crippen molar-refractivity contribution in [2.75, 3.05) is 9.80 Å². The standard InChI is InChI=1S/C110H67N5O2/c1-66-25-21-38-79(55-66)114(80-39-22-37-71(57-80)67-26-5-2-6-27-67)97-53-51-88-89-52-54-98(115(96-48-23-36-70-32-11-15-40-82(70)96)106-85-43-18-14-35-75(85)60-93-81(46-24-47-90(93)106)69-30-9-4-10-31-69)108-105(89)102-94(61-77(63-99(102)116-108)92-59-76-50-49-72(68-28-7-3-8-29-68)58-91(76)86-44-19-20-45-87(86)92)95-62-78(64-100-103(95)104(88)107(97)117-100)109-111-65-112-110(113-109)101-83-41-16-12-33-73(83)56-74-34-13-17-42-84(74)101/h2-65H,1H3. The Bertz CT molecular complexity index is 8180. The van der Waals surface area contributed by atoms with Crippen molar-refractivity contribution in [2.45, 2.75) is 6.92 Å². The van der Waals surface area contributed by atoms with Gasteiger partial charge in [0.25, 0.3) is 0 Å². The van der Waals surface area contributed by atoms with Crippen LogP contribution in [0.2, 0.25) is 0 Å². The van der Waals surface area contributed by atoms with Gasteiger partial charge in [0.1, 0.15) is 17.5 Å². The number of benzene rings is 20. The van der Waals surface area contributed by atoms with E-state index in [1.165, 1.54) is 10.9 Å². The first-order valence-electron chi connectivity index (χ1n) is 39.9. The number of nitrogens with zero attached hydrogens (tertiary/aromatic N) is 5. The minimum absolute atomic E-state index is 0.503. The third kappa shape index (κ3) is 10.5. The molecule has 0 aliphatic heterocycles. The summed E-state index contributed by atoms with van der Waals surface area (Å²) < 4.78 is 16.2. The Balaban J connectivity index is 0.869. The zero-order valence-corrected chi connectivity index (χ0v) is 63.5. The van der Waals surface area contributed by atoms with Gasteiger partial charge < -0.3 is 18.6 Å². The lowest BCUT2D eigenvalue weighted by Crippen LogP contribution is -2.12. The molecule has 117 heavy (non-hydrogen) atoms. The molecule has 0 aliphatic carbocycles. The van der Waals surface area contributed by atoms with Crippen LogP contribution in [-0.4, -0.2) is 15.0 Å². The Kier molecular flexibility index (Phi) is 14.8. The number of fused-ring (bicyclic) bond motifs is 10. The van der Waals surface area contributed by atoms with Gasteiger partial charge in [-0.25, -0.2) is 15.0 Å². The lowest BCUT2D eigenvalue weighted by atomic mass is 9.88. The van der Waals surface area contributed by atoms with Gasteiger partial charge in [-0.1, -0.05) is 291 Å². The van der Waals surface area contributed by atoms with E-state index in [-0.39, 0.29) is 0 Å². The molecule has 7 nitrogen and oxygen atoms in total. The average Bonchev–Trinajstić information content (AvgIpc) is 1.55. The van der Waals surface area contributed by atoms with Crippen LogP contribution in [0.3, 0.4) is 0 Å². The molecule has 0 unspecified atom stereocenters. The van der Waals surface area contributed by atoms with Crippen LogP contribution in [0.1, 0.15) is 5.56 Å². The number of anilines is 6. The van der Waals surface area contributed by atoms with Crippen molar-refractivity contribution in [2.24, 2.45) is 0 Å². The van der Waals surface area contributed by atoms with Crippen molar-refractivity contribution in [1.82, 2.24) is 15.0 Å². The molecule has 21 aromatic carbocycles. The molecule has 0 radical (unpaired) electrons. The quantitative estimate of drug-likeness (QED) is 0.0891. The van der Waals surface area contributed by atoms with Crippen molar-refractivity contribution in [1.29, 1.82) is 0 Å². The van der Waals surface area contributed by atoms with Crippen molar-refractivity contribution < 1.29 is 8.83 Å². The number of hydrogen-bond donors (Lipinski definition) is 0. The highest BCUT2D eigenvalue weighted by atomic mass is 16.3. The Labute approximate surface area is 672 Å². The minimum Gasteiger partial charge on any atom is -0.454 e. The molecule has 24 aromatic rings. The largest absolute Gasteiger partial charge is 0.454 e. The van der Waals surface area contributed by atoms with Crippen LogP contribution in [0.4, 0.5) is 34.1 Å². The maximum absolute atomic E-state index is 8.22. The molecule has 0 amide bonds. The zero-order chi connectivity index (χ0) is 76.9. The van der Waals surface area contributed by atoms with Crippen LogP contribution in [0.15, 0.2) is 397 Å². The molecule has 0 bridgehead atoms.